The van der Waals surface area contributed by atoms with Crippen LogP contribution < -0.4 is 0 Å². The molecular weight excluding hydrogens is 248 g/mol. The SMILES string of the molecule is CCCCOCC1C(C)CCC(C)C1COCCCC. The molecule has 0 N–H and O–H groups in total. The monoisotopic (exact) mass is 284 g/mol. The van der Waals surface area contributed by atoms with E-state index < -0.39 is 0 Å². The molecule has 2 heteroatoms. The van der Waals surface area contributed by atoms with Crippen LogP contribution in [0.15, 0.2) is 0 Å². The Balaban J connectivity index is 2.40. The zero-order chi connectivity index (χ0) is 14.8. The van der Waals surface area contributed by atoms with Crippen LogP contribution in [0.4, 0.5) is 0 Å². The highest BCUT2D eigenvalue weighted by Crippen LogP contribution is 2.39. The highest BCUT2D eigenvalue weighted by molar-refractivity contribution is 4.84. The summed E-state index contributed by atoms with van der Waals surface area (Å²) < 4.78 is 11.9. The second kappa shape index (κ2) is 10.6. The van der Waals surface area contributed by atoms with Gasteiger partial charge in [-0.25, -0.2) is 0 Å². The normalized spacial score (nSPS) is 30.6. The summed E-state index contributed by atoms with van der Waals surface area (Å²) in [5.74, 6) is 2.95. The third kappa shape index (κ3) is 6.13. The van der Waals surface area contributed by atoms with Gasteiger partial charge in [0, 0.05) is 26.4 Å². The maximum absolute atomic E-state index is 5.93. The first-order valence-electron chi connectivity index (χ1n) is 8.86. The van der Waals surface area contributed by atoms with E-state index in [2.05, 4.69) is 27.7 Å². The zero-order valence-corrected chi connectivity index (χ0v) is 14.2. The Bertz CT molecular complexity index is 205. The van der Waals surface area contributed by atoms with Crippen molar-refractivity contribution >= 4 is 0 Å². The molecule has 1 rings (SSSR count). The first-order valence-corrected chi connectivity index (χ1v) is 8.86. The molecular formula is C18H36O2. The topological polar surface area (TPSA) is 18.5 Å². The van der Waals surface area contributed by atoms with E-state index in [-0.39, 0.29) is 0 Å². The van der Waals surface area contributed by atoms with E-state index in [0.717, 1.165) is 38.3 Å². The van der Waals surface area contributed by atoms with Crippen molar-refractivity contribution in [1.82, 2.24) is 0 Å². The summed E-state index contributed by atoms with van der Waals surface area (Å²) in [6, 6.07) is 0. The van der Waals surface area contributed by atoms with Crippen LogP contribution in [0.25, 0.3) is 0 Å². The van der Waals surface area contributed by atoms with Gasteiger partial charge in [0.05, 0.1) is 0 Å². The number of ether oxygens (including phenoxy) is 2. The van der Waals surface area contributed by atoms with Crippen molar-refractivity contribution in [2.75, 3.05) is 26.4 Å². The average molecular weight is 284 g/mol. The highest BCUT2D eigenvalue weighted by atomic mass is 16.5. The lowest BCUT2D eigenvalue weighted by molar-refractivity contribution is -0.0302. The molecule has 4 atom stereocenters. The molecule has 0 radical (unpaired) electrons. The standard InChI is InChI=1S/C18H36O2/c1-5-7-11-19-13-17-15(3)9-10-16(4)18(17)14-20-12-8-6-2/h15-18H,5-14H2,1-4H3. The van der Waals surface area contributed by atoms with Gasteiger partial charge in [-0.1, -0.05) is 53.4 Å². The molecule has 1 aliphatic rings. The van der Waals surface area contributed by atoms with Crippen molar-refractivity contribution in [3.05, 3.63) is 0 Å². The smallest absolute Gasteiger partial charge is 0.0500 e. The van der Waals surface area contributed by atoms with Crippen LogP contribution in [0, 0.1) is 23.7 Å². The first kappa shape index (κ1) is 18.0. The Morgan fingerprint density at radius 1 is 0.750 bits per heavy atom. The van der Waals surface area contributed by atoms with Crippen molar-refractivity contribution in [2.24, 2.45) is 23.7 Å². The Kier molecular flexibility index (Phi) is 9.54. The minimum Gasteiger partial charge on any atom is -0.381 e. The molecule has 0 bridgehead atoms. The molecule has 20 heavy (non-hydrogen) atoms. The van der Waals surface area contributed by atoms with Crippen molar-refractivity contribution < 1.29 is 9.47 Å². The third-order valence-electron chi connectivity index (χ3n) is 4.99. The van der Waals surface area contributed by atoms with Crippen LogP contribution in [-0.4, -0.2) is 26.4 Å². The fourth-order valence-corrected chi connectivity index (χ4v) is 3.31. The van der Waals surface area contributed by atoms with Gasteiger partial charge in [-0.2, -0.15) is 0 Å². The Morgan fingerprint density at radius 3 is 1.50 bits per heavy atom. The molecule has 120 valence electrons. The van der Waals surface area contributed by atoms with E-state index in [1.54, 1.807) is 0 Å². The minimum absolute atomic E-state index is 0.692. The van der Waals surface area contributed by atoms with Gasteiger partial charge >= 0.3 is 0 Å². The molecule has 0 heterocycles. The molecule has 0 spiro atoms. The third-order valence-corrected chi connectivity index (χ3v) is 4.99. The maximum Gasteiger partial charge on any atom is 0.0500 e. The maximum atomic E-state index is 5.93. The molecule has 1 saturated carbocycles. The van der Waals surface area contributed by atoms with Gasteiger partial charge in [0.1, 0.15) is 0 Å². The van der Waals surface area contributed by atoms with Crippen molar-refractivity contribution in [3.63, 3.8) is 0 Å². The quantitative estimate of drug-likeness (QED) is 0.530. The summed E-state index contributed by atoms with van der Waals surface area (Å²) in [7, 11) is 0. The summed E-state index contributed by atoms with van der Waals surface area (Å²) >= 11 is 0. The largest absolute Gasteiger partial charge is 0.381 e. The lowest BCUT2D eigenvalue weighted by atomic mass is 9.68. The fourth-order valence-electron chi connectivity index (χ4n) is 3.31. The van der Waals surface area contributed by atoms with Gasteiger partial charge in [-0.3, -0.25) is 0 Å². The predicted molar refractivity (Wildman–Crippen MR) is 86.0 cm³/mol. The van der Waals surface area contributed by atoms with E-state index in [1.807, 2.05) is 0 Å². The zero-order valence-electron chi connectivity index (χ0n) is 14.2. The predicted octanol–water partition coefficient (Wildman–Crippen LogP) is 4.92. The van der Waals surface area contributed by atoms with Crippen molar-refractivity contribution in [3.8, 4) is 0 Å². The van der Waals surface area contributed by atoms with E-state index in [9.17, 15) is 0 Å². The second-order valence-electron chi connectivity index (χ2n) is 6.72. The highest BCUT2D eigenvalue weighted by Gasteiger charge is 2.35. The van der Waals surface area contributed by atoms with Crippen molar-refractivity contribution in [1.29, 1.82) is 0 Å². The summed E-state index contributed by atoms with van der Waals surface area (Å²) in [6.45, 7) is 13.0. The molecule has 0 saturated heterocycles. The van der Waals surface area contributed by atoms with Crippen LogP contribution in [0.3, 0.4) is 0 Å². The molecule has 0 amide bonds. The number of hydrogen-bond acceptors (Lipinski definition) is 2. The van der Waals surface area contributed by atoms with Gasteiger partial charge in [0.2, 0.25) is 0 Å². The lowest BCUT2D eigenvalue weighted by Crippen LogP contribution is -2.38. The Labute approximate surface area is 126 Å². The minimum atomic E-state index is 0.692. The van der Waals surface area contributed by atoms with Gasteiger partial charge in [0.15, 0.2) is 0 Å². The molecule has 1 aliphatic carbocycles. The lowest BCUT2D eigenvalue weighted by Gasteiger charge is -2.40. The van der Waals surface area contributed by atoms with Crippen LogP contribution in [0.2, 0.25) is 0 Å². The van der Waals surface area contributed by atoms with Crippen LogP contribution >= 0.6 is 0 Å². The van der Waals surface area contributed by atoms with Crippen LogP contribution in [0.1, 0.15) is 66.2 Å². The van der Waals surface area contributed by atoms with E-state index in [1.165, 1.54) is 38.5 Å². The molecule has 2 nitrogen and oxygen atoms in total. The summed E-state index contributed by atoms with van der Waals surface area (Å²) in [6.07, 6.45) is 7.53. The summed E-state index contributed by atoms with van der Waals surface area (Å²) in [5.41, 5.74) is 0. The first-order chi connectivity index (χ1) is 9.70. The number of unbranched alkanes of at least 4 members (excludes halogenated alkanes) is 2. The van der Waals surface area contributed by atoms with Gasteiger partial charge in [-0.05, 0) is 36.5 Å². The fraction of sp³-hybridized carbons (Fsp3) is 1.00. The average Bonchev–Trinajstić information content (AvgIpc) is 2.45. The Morgan fingerprint density at radius 2 is 1.15 bits per heavy atom. The molecule has 1 fully saturated rings. The summed E-state index contributed by atoms with van der Waals surface area (Å²) in [5, 5.41) is 0. The molecule has 0 aromatic rings. The van der Waals surface area contributed by atoms with Crippen LogP contribution in [-0.2, 0) is 9.47 Å². The summed E-state index contributed by atoms with van der Waals surface area (Å²) in [4.78, 5) is 0. The van der Waals surface area contributed by atoms with Gasteiger partial charge in [-0.15, -0.1) is 0 Å². The van der Waals surface area contributed by atoms with E-state index in [4.69, 9.17) is 9.47 Å². The molecule has 0 aromatic heterocycles. The Hall–Kier alpha value is -0.0800. The number of hydrogen-bond donors (Lipinski definition) is 0. The van der Waals surface area contributed by atoms with Gasteiger partial charge < -0.3 is 9.47 Å². The van der Waals surface area contributed by atoms with E-state index >= 15 is 0 Å². The molecule has 0 aliphatic heterocycles. The number of rotatable bonds is 10. The molecule has 0 aromatic carbocycles. The van der Waals surface area contributed by atoms with Crippen molar-refractivity contribution in [2.45, 2.75) is 66.2 Å². The molecule has 4 unspecified atom stereocenters. The van der Waals surface area contributed by atoms with Crippen LogP contribution in [0.5, 0.6) is 0 Å². The second-order valence-corrected chi connectivity index (χ2v) is 6.72. The van der Waals surface area contributed by atoms with Gasteiger partial charge in [0.25, 0.3) is 0 Å². The van der Waals surface area contributed by atoms with E-state index in [0.29, 0.717) is 11.8 Å².